The maximum atomic E-state index is 12.2. The van der Waals surface area contributed by atoms with Gasteiger partial charge in [0.2, 0.25) is 0 Å². The molecule has 4 nitrogen and oxygen atoms in total. The summed E-state index contributed by atoms with van der Waals surface area (Å²) in [6.45, 7) is 0.652. The summed E-state index contributed by atoms with van der Waals surface area (Å²) in [7, 11) is 1.67. The summed E-state index contributed by atoms with van der Waals surface area (Å²) in [5, 5.41) is 4.56. The molecule has 2 saturated carbocycles. The number of methoxy groups -OCH3 is 1. The number of hydrogen-bond acceptors (Lipinski definition) is 4. The van der Waals surface area contributed by atoms with Crippen molar-refractivity contribution in [1.82, 2.24) is 5.32 Å². The molecule has 0 bridgehead atoms. The van der Waals surface area contributed by atoms with Gasteiger partial charge in [-0.25, -0.2) is 0 Å². The molecule has 0 radical (unpaired) electrons. The maximum Gasteiger partial charge on any atom is 0.157 e. The van der Waals surface area contributed by atoms with E-state index in [0.717, 1.165) is 40.6 Å². The Labute approximate surface area is 177 Å². The first-order valence-electron chi connectivity index (χ1n) is 10.6. The van der Waals surface area contributed by atoms with Crippen LogP contribution in [-0.4, -0.2) is 19.6 Å². The highest BCUT2D eigenvalue weighted by Gasteiger charge is 2.53. The number of ether oxygens (including phenoxy) is 1. The summed E-state index contributed by atoms with van der Waals surface area (Å²) in [5.74, 6) is 2.18. The van der Waals surface area contributed by atoms with Gasteiger partial charge in [-0.15, -0.1) is 0 Å². The first-order chi connectivity index (χ1) is 14.1. The molecule has 29 heavy (non-hydrogen) atoms. The highest BCUT2D eigenvalue weighted by molar-refractivity contribution is 6.30. The molecule has 1 N–H and O–H groups in total. The van der Waals surface area contributed by atoms with Crippen LogP contribution in [0.25, 0.3) is 0 Å². The zero-order valence-electron chi connectivity index (χ0n) is 16.7. The van der Waals surface area contributed by atoms with E-state index in [1.54, 1.807) is 7.11 Å². The second-order valence-corrected chi connectivity index (χ2v) is 9.19. The number of nitrogens with one attached hydrogen (secondary N) is 1. The number of hydrogen-bond donors (Lipinski definition) is 1. The Hall–Kier alpha value is -2.04. The SMILES string of the molecule is COc1ccc(CN2c3ccc(Cl)cc3C(CC3CC3)(C3CC3)NC2C=O)cc1. The molecule has 2 aromatic rings. The van der Waals surface area contributed by atoms with Gasteiger partial charge < -0.3 is 9.64 Å². The van der Waals surface area contributed by atoms with Gasteiger partial charge in [-0.05, 0) is 72.6 Å². The molecule has 2 unspecified atom stereocenters. The third kappa shape index (κ3) is 3.53. The van der Waals surface area contributed by atoms with Crippen LogP contribution in [0.3, 0.4) is 0 Å². The predicted octanol–water partition coefficient (Wildman–Crippen LogP) is 4.89. The van der Waals surface area contributed by atoms with Crippen molar-refractivity contribution >= 4 is 23.6 Å². The number of carbonyl (C=O) groups is 1. The van der Waals surface area contributed by atoms with Gasteiger partial charge in [-0.2, -0.15) is 0 Å². The zero-order chi connectivity index (χ0) is 20.0. The highest BCUT2D eigenvalue weighted by atomic mass is 35.5. The Morgan fingerprint density at radius 3 is 2.55 bits per heavy atom. The van der Waals surface area contributed by atoms with Crippen LogP contribution in [0.5, 0.6) is 5.75 Å². The lowest BCUT2D eigenvalue weighted by atomic mass is 9.77. The van der Waals surface area contributed by atoms with Crippen LogP contribution < -0.4 is 15.0 Å². The van der Waals surface area contributed by atoms with Crippen molar-refractivity contribution in [3.05, 3.63) is 58.6 Å². The normalized spacial score (nSPS) is 26.1. The first-order valence-corrected chi connectivity index (χ1v) is 10.9. The Morgan fingerprint density at radius 2 is 1.93 bits per heavy atom. The van der Waals surface area contributed by atoms with E-state index in [9.17, 15) is 4.79 Å². The fraction of sp³-hybridized carbons (Fsp3) is 0.458. The molecule has 2 aromatic carbocycles. The minimum atomic E-state index is -0.342. The molecule has 2 atom stereocenters. The lowest BCUT2D eigenvalue weighted by Crippen LogP contribution is -2.61. The molecule has 3 aliphatic rings. The number of fused-ring (bicyclic) bond motifs is 1. The molecular formula is C24H27ClN2O2. The second-order valence-electron chi connectivity index (χ2n) is 8.76. The molecule has 2 fully saturated rings. The lowest BCUT2D eigenvalue weighted by molar-refractivity contribution is -0.110. The quantitative estimate of drug-likeness (QED) is 0.660. The van der Waals surface area contributed by atoms with Gasteiger partial charge in [0.1, 0.15) is 11.9 Å². The summed E-state index contributed by atoms with van der Waals surface area (Å²) in [5.41, 5.74) is 3.41. The third-order valence-corrected chi connectivity index (χ3v) is 6.95. The van der Waals surface area contributed by atoms with Crippen LogP contribution in [0.4, 0.5) is 5.69 Å². The number of carbonyl (C=O) groups excluding carboxylic acids is 1. The highest BCUT2D eigenvalue weighted by Crippen LogP contribution is 2.56. The van der Waals surface area contributed by atoms with E-state index < -0.39 is 0 Å². The topological polar surface area (TPSA) is 41.6 Å². The molecule has 1 aliphatic heterocycles. The van der Waals surface area contributed by atoms with E-state index >= 15 is 0 Å². The number of aldehydes is 1. The monoisotopic (exact) mass is 410 g/mol. The van der Waals surface area contributed by atoms with Gasteiger partial charge in [-0.1, -0.05) is 36.6 Å². The molecule has 152 valence electrons. The van der Waals surface area contributed by atoms with Crippen LogP contribution in [0.1, 0.15) is 43.2 Å². The van der Waals surface area contributed by atoms with Crippen LogP contribution in [0.15, 0.2) is 42.5 Å². The summed E-state index contributed by atoms with van der Waals surface area (Å²) < 4.78 is 5.28. The van der Waals surface area contributed by atoms with Crippen molar-refractivity contribution in [3.63, 3.8) is 0 Å². The van der Waals surface area contributed by atoms with Crippen molar-refractivity contribution in [3.8, 4) is 5.75 Å². The predicted molar refractivity (Wildman–Crippen MR) is 115 cm³/mol. The van der Waals surface area contributed by atoms with E-state index in [1.807, 2.05) is 18.2 Å². The van der Waals surface area contributed by atoms with Gasteiger partial charge in [0.05, 0.1) is 12.6 Å². The van der Waals surface area contributed by atoms with E-state index in [4.69, 9.17) is 16.3 Å². The number of rotatable bonds is 7. The van der Waals surface area contributed by atoms with Crippen molar-refractivity contribution in [2.75, 3.05) is 12.0 Å². The minimum Gasteiger partial charge on any atom is -0.497 e. The Morgan fingerprint density at radius 1 is 1.17 bits per heavy atom. The number of anilines is 1. The van der Waals surface area contributed by atoms with E-state index in [1.165, 1.54) is 31.2 Å². The minimum absolute atomic E-state index is 0.136. The molecule has 0 spiro atoms. The zero-order valence-corrected chi connectivity index (χ0v) is 17.5. The van der Waals surface area contributed by atoms with Gasteiger partial charge in [0.15, 0.2) is 6.29 Å². The van der Waals surface area contributed by atoms with Crippen LogP contribution in [-0.2, 0) is 16.9 Å². The number of nitrogens with zero attached hydrogens (tertiary/aromatic N) is 1. The summed E-state index contributed by atoms with van der Waals surface area (Å²) in [6.07, 6.45) is 6.85. The Balaban J connectivity index is 1.56. The fourth-order valence-corrected chi connectivity index (χ4v) is 5.10. The third-order valence-electron chi connectivity index (χ3n) is 6.71. The van der Waals surface area contributed by atoms with Crippen LogP contribution >= 0.6 is 11.6 Å². The standard InChI is InChI=1S/C24H27ClN2O2/c1-29-20-9-4-17(5-10-20)14-27-22-11-8-19(25)12-21(22)24(18-6-7-18,13-16-2-3-16)26-23(27)15-28/h4-5,8-12,15-16,18,23,26H,2-3,6-7,13-14H2,1H3. The van der Waals surface area contributed by atoms with Gasteiger partial charge >= 0.3 is 0 Å². The van der Waals surface area contributed by atoms with Crippen molar-refractivity contribution in [2.45, 2.75) is 50.4 Å². The summed E-state index contributed by atoms with van der Waals surface area (Å²) in [6, 6.07) is 14.2. The number of halogens is 1. The molecule has 5 heteroatoms. The molecule has 0 saturated heterocycles. The van der Waals surface area contributed by atoms with E-state index in [2.05, 4.69) is 34.5 Å². The van der Waals surface area contributed by atoms with Gasteiger partial charge in [0, 0.05) is 17.3 Å². The largest absolute Gasteiger partial charge is 0.497 e. The second kappa shape index (κ2) is 7.33. The molecule has 0 amide bonds. The van der Waals surface area contributed by atoms with E-state index in [-0.39, 0.29) is 11.7 Å². The molecule has 1 heterocycles. The van der Waals surface area contributed by atoms with Crippen LogP contribution in [0.2, 0.25) is 5.02 Å². The molecule has 2 aliphatic carbocycles. The average Bonchev–Trinajstić information content (AvgIpc) is 3.64. The smallest absolute Gasteiger partial charge is 0.157 e. The van der Waals surface area contributed by atoms with Crippen LogP contribution in [0, 0.1) is 11.8 Å². The van der Waals surface area contributed by atoms with Gasteiger partial charge in [0.25, 0.3) is 0 Å². The summed E-state index contributed by atoms with van der Waals surface area (Å²) in [4.78, 5) is 14.4. The summed E-state index contributed by atoms with van der Waals surface area (Å²) >= 11 is 6.46. The Bertz CT molecular complexity index is 908. The maximum absolute atomic E-state index is 12.2. The van der Waals surface area contributed by atoms with Crippen molar-refractivity contribution in [1.29, 1.82) is 0 Å². The number of benzene rings is 2. The van der Waals surface area contributed by atoms with Gasteiger partial charge in [-0.3, -0.25) is 10.1 Å². The molecule has 5 rings (SSSR count). The first kappa shape index (κ1) is 19.0. The molecule has 0 aromatic heterocycles. The fourth-order valence-electron chi connectivity index (χ4n) is 4.93. The van der Waals surface area contributed by atoms with Crippen molar-refractivity contribution in [2.24, 2.45) is 11.8 Å². The Kier molecular flexibility index (Phi) is 4.79. The van der Waals surface area contributed by atoms with Crippen molar-refractivity contribution < 1.29 is 9.53 Å². The van der Waals surface area contributed by atoms with E-state index in [0.29, 0.717) is 12.5 Å². The molecular weight excluding hydrogens is 384 g/mol. The lowest BCUT2D eigenvalue weighted by Gasteiger charge is -2.49. The average molecular weight is 411 g/mol.